The summed E-state index contributed by atoms with van der Waals surface area (Å²) in [6.07, 6.45) is 2.05. The molecule has 0 fully saturated rings. The molecule has 7 heteroatoms. The van der Waals surface area contributed by atoms with Gasteiger partial charge < -0.3 is 10.2 Å². The predicted octanol–water partition coefficient (Wildman–Crippen LogP) is 4.17. The molecule has 27 heavy (non-hydrogen) atoms. The smallest absolute Gasteiger partial charge is 0.232 e. The number of carbonyl (C=O) groups is 2. The van der Waals surface area contributed by atoms with Crippen molar-refractivity contribution < 1.29 is 9.59 Å². The molecule has 0 radical (unpaired) electrons. The first kappa shape index (κ1) is 21.5. The molecule has 1 heterocycles. The molecule has 5 nitrogen and oxygen atoms in total. The van der Waals surface area contributed by atoms with Gasteiger partial charge in [0, 0.05) is 29.9 Å². The minimum atomic E-state index is -0.291. The molecule has 2 amide bonds. The van der Waals surface area contributed by atoms with E-state index in [4.69, 9.17) is 0 Å². The Labute approximate surface area is 173 Å². The third-order valence-electron chi connectivity index (χ3n) is 4.29. The summed E-state index contributed by atoms with van der Waals surface area (Å²) in [4.78, 5) is 26.6. The number of amides is 2. The van der Waals surface area contributed by atoms with Gasteiger partial charge in [0.25, 0.3) is 0 Å². The van der Waals surface area contributed by atoms with Crippen LogP contribution in [-0.4, -0.2) is 35.6 Å². The number of nitriles is 1. The average molecular weight is 450 g/mol. The zero-order valence-electron chi connectivity index (χ0n) is 15.6. The zero-order chi connectivity index (χ0) is 19.8. The Morgan fingerprint density at radius 3 is 2.67 bits per heavy atom. The van der Waals surface area contributed by atoms with Gasteiger partial charge in [-0.15, -0.1) is 0 Å². The van der Waals surface area contributed by atoms with E-state index in [2.05, 4.69) is 27.3 Å². The Hall–Kier alpha value is -1.78. The van der Waals surface area contributed by atoms with E-state index >= 15 is 0 Å². The number of rotatable bonds is 8. The van der Waals surface area contributed by atoms with Gasteiger partial charge in [-0.3, -0.25) is 9.59 Å². The molecule has 2 rings (SSSR count). The number of allylic oxidation sites excluding steroid dienone is 1. The second-order valence-corrected chi connectivity index (χ2v) is 8.29. The Morgan fingerprint density at radius 1 is 1.37 bits per heavy atom. The Kier molecular flexibility index (Phi) is 8.39. The van der Waals surface area contributed by atoms with Gasteiger partial charge in [0.05, 0.1) is 22.4 Å². The number of hydrogen-bond acceptors (Lipinski definition) is 4. The van der Waals surface area contributed by atoms with E-state index in [-0.39, 0.29) is 29.9 Å². The summed E-state index contributed by atoms with van der Waals surface area (Å²) >= 11 is 4.69. The second-order valence-electron chi connectivity index (χ2n) is 6.38. The number of halogens is 1. The number of benzene rings is 1. The van der Waals surface area contributed by atoms with Crippen LogP contribution in [0.1, 0.15) is 44.6 Å². The van der Waals surface area contributed by atoms with Crippen LogP contribution in [0.2, 0.25) is 0 Å². The van der Waals surface area contributed by atoms with Crippen LogP contribution < -0.4 is 5.32 Å². The number of hydrogen-bond donors (Lipinski definition) is 1. The summed E-state index contributed by atoms with van der Waals surface area (Å²) < 4.78 is 0.905. The number of nitrogens with one attached hydrogen (secondary N) is 1. The molecule has 0 saturated carbocycles. The van der Waals surface area contributed by atoms with Crippen LogP contribution in [0.25, 0.3) is 0 Å². The summed E-state index contributed by atoms with van der Waals surface area (Å²) in [5.41, 5.74) is 1.43. The van der Waals surface area contributed by atoms with Gasteiger partial charge in [-0.25, -0.2) is 0 Å². The van der Waals surface area contributed by atoms with E-state index in [9.17, 15) is 14.9 Å². The van der Waals surface area contributed by atoms with Crippen molar-refractivity contribution in [1.29, 1.82) is 5.26 Å². The molecule has 0 saturated heterocycles. The van der Waals surface area contributed by atoms with Gasteiger partial charge in [-0.1, -0.05) is 53.7 Å². The van der Waals surface area contributed by atoms with E-state index in [1.54, 1.807) is 0 Å². The summed E-state index contributed by atoms with van der Waals surface area (Å²) in [5, 5.41) is 13.0. The molecular weight excluding hydrogens is 426 g/mol. The summed E-state index contributed by atoms with van der Waals surface area (Å²) in [7, 11) is 0. The van der Waals surface area contributed by atoms with Crippen molar-refractivity contribution in [2.24, 2.45) is 0 Å². The molecule has 0 aromatic heterocycles. The van der Waals surface area contributed by atoms with Crippen LogP contribution in [0, 0.1) is 11.3 Å². The topological polar surface area (TPSA) is 73.2 Å². The summed E-state index contributed by atoms with van der Waals surface area (Å²) in [6, 6.07) is 9.90. The maximum atomic E-state index is 12.5. The third kappa shape index (κ3) is 5.85. The van der Waals surface area contributed by atoms with Gasteiger partial charge >= 0.3 is 0 Å². The van der Waals surface area contributed by atoms with Crippen LogP contribution in [0.5, 0.6) is 0 Å². The lowest BCUT2D eigenvalue weighted by Gasteiger charge is -2.26. The minimum absolute atomic E-state index is 0.0346. The quantitative estimate of drug-likeness (QED) is 0.645. The average Bonchev–Trinajstić information content (AvgIpc) is 2.65. The molecule has 1 aliphatic heterocycles. The third-order valence-corrected chi connectivity index (χ3v) is 5.78. The van der Waals surface area contributed by atoms with Gasteiger partial charge in [-0.2, -0.15) is 5.26 Å². The first-order chi connectivity index (χ1) is 13.0. The normalized spacial score (nSPS) is 16.7. The summed E-state index contributed by atoms with van der Waals surface area (Å²) in [6.45, 7) is 5.54. The molecule has 0 unspecified atom stereocenters. The molecule has 0 bridgehead atoms. The van der Waals surface area contributed by atoms with Crippen molar-refractivity contribution in [3.8, 4) is 6.07 Å². The number of nitrogens with zero attached hydrogens (tertiary/aromatic N) is 2. The molecule has 0 spiro atoms. The van der Waals surface area contributed by atoms with Crippen molar-refractivity contribution >= 4 is 39.5 Å². The molecule has 1 atom stereocenters. The Balaban J connectivity index is 2.21. The maximum absolute atomic E-state index is 12.5. The van der Waals surface area contributed by atoms with E-state index in [0.29, 0.717) is 10.6 Å². The molecule has 1 N–H and O–H groups in total. The van der Waals surface area contributed by atoms with Crippen molar-refractivity contribution in [3.05, 3.63) is 44.9 Å². The lowest BCUT2D eigenvalue weighted by atomic mass is 9.87. The number of thioether (sulfide) groups is 1. The molecule has 144 valence electrons. The predicted molar refractivity (Wildman–Crippen MR) is 112 cm³/mol. The monoisotopic (exact) mass is 449 g/mol. The molecule has 1 aromatic rings. The minimum Gasteiger partial charge on any atom is -0.342 e. The van der Waals surface area contributed by atoms with Crippen molar-refractivity contribution in [1.82, 2.24) is 10.2 Å². The largest absolute Gasteiger partial charge is 0.342 e. The SMILES string of the molecule is CCCN(CCC)C(=O)CSC1=C(C#N)[C@H](c2cccc(Br)c2)CC(=O)N1. The first-order valence-corrected chi connectivity index (χ1v) is 10.9. The molecular formula is C20H24BrN3O2S. The Morgan fingerprint density at radius 2 is 2.07 bits per heavy atom. The standard InChI is InChI=1S/C20H24BrN3O2S/c1-3-8-24(9-4-2)19(26)13-27-20-17(12-22)16(11-18(25)23-20)14-6-5-7-15(21)10-14/h5-7,10,16H,3-4,8-9,11,13H2,1-2H3,(H,23,25)/t16-/m0/s1. The Bertz CT molecular complexity index is 767. The summed E-state index contributed by atoms with van der Waals surface area (Å²) in [5.74, 6) is -0.173. The van der Waals surface area contributed by atoms with E-state index < -0.39 is 0 Å². The van der Waals surface area contributed by atoms with Crippen molar-refractivity contribution in [2.75, 3.05) is 18.8 Å². The van der Waals surface area contributed by atoms with Crippen LogP contribution in [0.15, 0.2) is 39.3 Å². The van der Waals surface area contributed by atoms with E-state index in [1.807, 2.05) is 43.0 Å². The fourth-order valence-corrected chi connectivity index (χ4v) is 4.46. The zero-order valence-corrected chi connectivity index (χ0v) is 18.0. The van der Waals surface area contributed by atoms with E-state index in [0.717, 1.165) is 36.0 Å². The highest BCUT2D eigenvalue weighted by Gasteiger charge is 2.30. The molecule has 1 aromatic carbocycles. The second kappa shape index (κ2) is 10.5. The highest BCUT2D eigenvalue weighted by molar-refractivity contribution is 9.10. The van der Waals surface area contributed by atoms with Gasteiger partial charge in [0.2, 0.25) is 11.8 Å². The fourth-order valence-electron chi connectivity index (χ4n) is 3.07. The van der Waals surface area contributed by atoms with Crippen LogP contribution in [0.4, 0.5) is 0 Å². The molecule has 1 aliphatic rings. The van der Waals surface area contributed by atoms with Crippen LogP contribution >= 0.6 is 27.7 Å². The fraction of sp³-hybridized carbons (Fsp3) is 0.450. The lowest BCUT2D eigenvalue weighted by Crippen LogP contribution is -2.35. The van der Waals surface area contributed by atoms with Gasteiger partial charge in [0.15, 0.2) is 0 Å². The van der Waals surface area contributed by atoms with Crippen LogP contribution in [-0.2, 0) is 9.59 Å². The highest BCUT2D eigenvalue weighted by atomic mass is 79.9. The van der Waals surface area contributed by atoms with Crippen LogP contribution in [0.3, 0.4) is 0 Å². The molecule has 0 aliphatic carbocycles. The van der Waals surface area contributed by atoms with E-state index in [1.165, 1.54) is 11.8 Å². The number of carbonyl (C=O) groups excluding carboxylic acids is 2. The first-order valence-electron chi connectivity index (χ1n) is 9.10. The lowest BCUT2D eigenvalue weighted by molar-refractivity contribution is -0.128. The maximum Gasteiger partial charge on any atom is 0.232 e. The van der Waals surface area contributed by atoms with Gasteiger partial charge in [0.1, 0.15) is 0 Å². The highest BCUT2D eigenvalue weighted by Crippen LogP contribution is 2.36. The van der Waals surface area contributed by atoms with Crippen molar-refractivity contribution in [2.45, 2.75) is 39.0 Å². The van der Waals surface area contributed by atoms with Crippen molar-refractivity contribution in [3.63, 3.8) is 0 Å². The van der Waals surface area contributed by atoms with Gasteiger partial charge in [-0.05, 0) is 30.5 Å².